The number of hydrogen-bond acceptors (Lipinski definition) is 8. The van der Waals surface area contributed by atoms with E-state index in [1.54, 1.807) is 20.8 Å². The number of rotatable bonds is 4. The highest BCUT2D eigenvalue weighted by Crippen LogP contribution is 2.50. The fourth-order valence-electron chi connectivity index (χ4n) is 2.81. The molecule has 1 aromatic carbocycles. The molecule has 1 aliphatic rings. The van der Waals surface area contributed by atoms with Gasteiger partial charge in [0.15, 0.2) is 12.2 Å². The van der Waals surface area contributed by atoms with E-state index in [2.05, 4.69) is 0 Å². The number of benzene rings is 1. The highest BCUT2D eigenvalue weighted by Gasteiger charge is 2.60. The number of nitro benzene ring substituents is 1. The molecule has 26 heavy (non-hydrogen) atoms. The normalized spacial score (nSPS) is 25.6. The van der Waals surface area contributed by atoms with Crippen LogP contribution >= 0.6 is 0 Å². The van der Waals surface area contributed by atoms with Gasteiger partial charge in [0.2, 0.25) is 5.79 Å². The van der Waals surface area contributed by atoms with E-state index < -0.39 is 40.3 Å². The molecule has 2 atom stereocenters. The lowest BCUT2D eigenvalue weighted by molar-refractivity contribution is -0.384. The number of ether oxygens (including phenoxy) is 4. The summed E-state index contributed by atoms with van der Waals surface area (Å²) in [7, 11) is 2.34. The Hall–Kier alpha value is -2.52. The van der Waals surface area contributed by atoms with Crippen molar-refractivity contribution in [3.05, 3.63) is 39.9 Å². The quantitative estimate of drug-likeness (QED) is 0.450. The van der Waals surface area contributed by atoms with Crippen LogP contribution < -0.4 is 0 Å². The van der Waals surface area contributed by atoms with E-state index in [-0.39, 0.29) is 5.69 Å². The summed E-state index contributed by atoms with van der Waals surface area (Å²) < 4.78 is 21.3. The molecule has 1 heterocycles. The fraction of sp³-hybridized carbons (Fsp3) is 0.529. The molecule has 0 N–H and O–H groups in total. The topological polar surface area (TPSA) is 114 Å². The summed E-state index contributed by atoms with van der Waals surface area (Å²) in [6.07, 6.45) is -2.66. The van der Waals surface area contributed by atoms with Crippen LogP contribution in [0.25, 0.3) is 0 Å². The molecular weight excluding hydrogens is 346 g/mol. The average molecular weight is 367 g/mol. The van der Waals surface area contributed by atoms with Crippen LogP contribution in [0.3, 0.4) is 0 Å². The minimum absolute atomic E-state index is 0.107. The van der Waals surface area contributed by atoms with Crippen LogP contribution in [0.4, 0.5) is 5.69 Å². The summed E-state index contributed by atoms with van der Waals surface area (Å²) in [6.45, 7) is 5.38. The lowest BCUT2D eigenvalue weighted by Gasteiger charge is -2.40. The van der Waals surface area contributed by atoms with Gasteiger partial charge >= 0.3 is 11.9 Å². The highest BCUT2D eigenvalue weighted by molar-refractivity contribution is 5.86. The third kappa shape index (κ3) is 3.27. The zero-order valence-corrected chi connectivity index (χ0v) is 15.2. The number of non-ortho nitro benzene ring substituents is 1. The highest BCUT2D eigenvalue weighted by atomic mass is 16.8. The molecular formula is C17H21NO8. The third-order valence-corrected chi connectivity index (χ3v) is 4.17. The van der Waals surface area contributed by atoms with Crippen molar-refractivity contribution in [2.45, 2.75) is 38.8 Å². The molecule has 9 heteroatoms. The lowest BCUT2D eigenvalue weighted by Crippen LogP contribution is -2.42. The number of esters is 2. The Morgan fingerprint density at radius 1 is 1.04 bits per heavy atom. The first kappa shape index (κ1) is 19.8. The SMILES string of the molecule is COC(=O)C1OC(c2ccc([N+](=O)[O-])cc2)(C(C)(C)C)OC1C(=O)OC. The second kappa shape index (κ2) is 7.00. The van der Waals surface area contributed by atoms with Crippen molar-refractivity contribution in [2.24, 2.45) is 5.41 Å². The molecule has 0 aliphatic carbocycles. The molecule has 1 saturated heterocycles. The van der Waals surface area contributed by atoms with Crippen molar-refractivity contribution in [3.63, 3.8) is 0 Å². The first-order valence-electron chi connectivity index (χ1n) is 7.83. The second-order valence-corrected chi connectivity index (χ2v) is 6.79. The van der Waals surface area contributed by atoms with Crippen molar-refractivity contribution in [1.82, 2.24) is 0 Å². The Morgan fingerprint density at radius 3 is 1.77 bits per heavy atom. The molecule has 1 aliphatic heterocycles. The molecule has 9 nitrogen and oxygen atoms in total. The van der Waals surface area contributed by atoms with Crippen LogP contribution in [0, 0.1) is 15.5 Å². The van der Waals surface area contributed by atoms with E-state index in [1.165, 1.54) is 38.5 Å². The molecule has 1 fully saturated rings. The van der Waals surface area contributed by atoms with Gasteiger partial charge in [-0.25, -0.2) is 9.59 Å². The minimum Gasteiger partial charge on any atom is -0.467 e. The maximum Gasteiger partial charge on any atom is 0.338 e. The molecule has 142 valence electrons. The monoisotopic (exact) mass is 367 g/mol. The molecule has 0 spiro atoms. The summed E-state index contributed by atoms with van der Waals surface area (Å²) in [5.74, 6) is -3.08. The number of methoxy groups -OCH3 is 2. The van der Waals surface area contributed by atoms with Crippen LogP contribution in [0.2, 0.25) is 0 Å². The van der Waals surface area contributed by atoms with Gasteiger partial charge in [-0.15, -0.1) is 0 Å². The zero-order chi connectivity index (χ0) is 19.7. The minimum atomic E-state index is -1.51. The van der Waals surface area contributed by atoms with E-state index in [4.69, 9.17) is 18.9 Å². The first-order valence-corrected chi connectivity index (χ1v) is 7.83. The van der Waals surface area contributed by atoms with E-state index in [0.29, 0.717) is 5.56 Å². The second-order valence-electron chi connectivity index (χ2n) is 6.79. The maximum atomic E-state index is 12.1. The van der Waals surface area contributed by atoms with Gasteiger partial charge in [0.05, 0.1) is 19.1 Å². The molecule has 0 amide bonds. The van der Waals surface area contributed by atoms with Crippen molar-refractivity contribution >= 4 is 17.6 Å². The Kier molecular flexibility index (Phi) is 5.33. The number of carbonyl (C=O) groups is 2. The van der Waals surface area contributed by atoms with Gasteiger partial charge in [0.25, 0.3) is 5.69 Å². The smallest absolute Gasteiger partial charge is 0.338 e. The maximum absolute atomic E-state index is 12.1. The zero-order valence-electron chi connectivity index (χ0n) is 15.2. The van der Waals surface area contributed by atoms with Gasteiger partial charge in [0.1, 0.15) is 0 Å². The van der Waals surface area contributed by atoms with Crippen molar-refractivity contribution < 1.29 is 33.5 Å². The van der Waals surface area contributed by atoms with Crippen LogP contribution in [0.1, 0.15) is 26.3 Å². The third-order valence-electron chi connectivity index (χ3n) is 4.17. The van der Waals surface area contributed by atoms with Gasteiger partial charge in [-0.05, 0) is 12.1 Å². The summed E-state index contributed by atoms with van der Waals surface area (Å²) in [6, 6.07) is 5.54. The van der Waals surface area contributed by atoms with E-state index in [1.807, 2.05) is 0 Å². The predicted octanol–water partition coefficient (Wildman–Crippen LogP) is 1.92. The Balaban J connectivity index is 2.55. The van der Waals surface area contributed by atoms with Gasteiger partial charge in [-0.1, -0.05) is 20.8 Å². The summed E-state index contributed by atoms with van der Waals surface area (Å²) in [4.78, 5) is 34.6. The predicted molar refractivity (Wildman–Crippen MR) is 88.0 cm³/mol. The largest absolute Gasteiger partial charge is 0.467 e. The van der Waals surface area contributed by atoms with Gasteiger partial charge < -0.3 is 18.9 Å². The number of nitrogens with zero attached hydrogens (tertiary/aromatic N) is 1. The Morgan fingerprint density at radius 2 is 1.46 bits per heavy atom. The molecule has 0 aromatic heterocycles. The Labute approximate surface area is 150 Å². The number of nitro groups is 1. The first-order chi connectivity index (χ1) is 12.1. The van der Waals surface area contributed by atoms with Gasteiger partial charge in [0, 0.05) is 23.1 Å². The molecule has 1 aromatic rings. The summed E-state index contributed by atoms with van der Waals surface area (Å²) in [5.41, 5.74) is -0.418. The molecule has 0 radical (unpaired) electrons. The number of hydrogen-bond donors (Lipinski definition) is 0. The van der Waals surface area contributed by atoms with Crippen LogP contribution in [-0.2, 0) is 34.3 Å². The molecule has 0 bridgehead atoms. The van der Waals surface area contributed by atoms with Crippen LogP contribution in [0.15, 0.2) is 24.3 Å². The molecule has 2 unspecified atom stereocenters. The number of carbonyl (C=O) groups excluding carboxylic acids is 2. The van der Waals surface area contributed by atoms with Gasteiger partial charge in [-0.2, -0.15) is 0 Å². The van der Waals surface area contributed by atoms with Crippen molar-refractivity contribution in [1.29, 1.82) is 0 Å². The van der Waals surface area contributed by atoms with Crippen molar-refractivity contribution in [2.75, 3.05) is 14.2 Å². The summed E-state index contributed by atoms with van der Waals surface area (Å²) in [5, 5.41) is 10.9. The Bertz CT molecular complexity index is 682. The van der Waals surface area contributed by atoms with Gasteiger partial charge in [-0.3, -0.25) is 10.1 Å². The average Bonchev–Trinajstić information content (AvgIpc) is 3.02. The van der Waals surface area contributed by atoms with E-state index in [0.717, 1.165) is 0 Å². The van der Waals surface area contributed by atoms with Crippen LogP contribution in [0.5, 0.6) is 0 Å². The lowest BCUT2D eigenvalue weighted by atomic mass is 9.80. The van der Waals surface area contributed by atoms with Crippen molar-refractivity contribution in [3.8, 4) is 0 Å². The fourth-order valence-corrected chi connectivity index (χ4v) is 2.81. The standard InChI is InChI=1S/C17H21NO8/c1-16(2,3)17(10-6-8-11(9-7-10)18(21)22)25-12(14(19)23-4)13(26-17)15(20)24-5/h6-9,12-13H,1-5H3. The van der Waals surface area contributed by atoms with E-state index in [9.17, 15) is 19.7 Å². The molecule has 2 rings (SSSR count). The summed E-state index contributed by atoms with van der Waals surface area (Å²) >= 11 is 0. The van der Waals surface area contributed by atoms with E-state index >= 15 is 0 Å². The van der Waals surface area contributed by atoms with Crippen LogP contribution in [-0.4, -0.2) is 43.3 Å². The molecule has 0 saturated carbocycles.